The van der Waals surface area contributed by atoms with Gasteiger partial charge in [-0.05, 0) is 19.1 Å². The van der Waals surface area contributed by atoms with Gasteiger partial charge in [0.2, 0.25) is 5.95 Å². The second kappa shape index (κ2) is 3.78. The van der Waals surface area contributed by atoms with Gasteiger partial charge in [0.25, 0.3) is 0 Å². The van der Waals surface area contributed by atoms with Crippen molar-refractivity contribution in [1.29, 1.82) is 0 Å². The van der Waals surface area contributed by atoms with Crippen LogP contribution in [-0.2, 0) is 7.05 Å². The van der Waals surface area contributed by atoms with Crippen LogP contribution in [0.4, 0.5) is 14.7 Å². The minimum atomic E-state index is -0.704. The second-order valence-electron chi connectivity index (χ2n) is 4.28. The van der Waals surface area contributed by atoms with Crippen LogP contribution in [0.15, 0.2) is 18.2 Å². The Morgan fingerprint density at radius 3 is 2.68 bits per heavy atom. The number of aryl methyl sites for hydroxylation is 2. The highest BCUT2D eigenvalue weighted by atomic mass is 19.1. The fraction of sp³-hybridized carbons (Fsp3) is 0.167. The number of benzene rings is 1. The molecule has 0 aliphatic heterocycles. The van der Waals surface area contributed by atoms with Gasteiger partial charge in [-0.2, -0.15) is 5.10 Å². The van der Waals surface area contributed by atoms with Crippen molar-refractivity contribution >= 4 is 17.1 Å². The zero-order chi connectivity index (χ0) is 13.7. The maximum Gasteiger partial charge on any atom is 0.207 e. The van der Waals surface area contributed by atoms with Crippen molar-refractivity contribution in [1.82, 2.24) is 19.3 Å². The maximum atomic E-state index is 13.9. The molecule has 0 amide bonds. The molecular weight excluding hydrogens is 252 g/mol. The molecule has 0 unspecified atom stereocenters. The number of aromatic nitrogens is 4. The van der Waals surface area contributed by atoms with Crippen molar-refractivity contribution in [2.75, 3.05) is 5.73 Å². The standard InChI is InChI=1S/C12H11F2N5/c1-6-10-11(18(2)17-6)19(12(15)16-10)9-4-3-7(13)5-8(9)14/h3-5H,1-2H3,(H2,15,16). The summed E-state index contributed by atoms with van der Waals surface area (Å²) in [5.74, 6) is -1.21. The van der Waals surface area contributed by atoms with E-state index in [2.05, 4.69) is 10.1 Å². The largest absolute Gasteiger partial charge is 0.369 e. The number of anilines is 1. The van der Waals surface area contributed by atoms with Crippen LogP contribution in [0, 0.1) is 18.6 Å². The average Bonchev–Trinajstić information content (AvgIpc) is 2.79. The molecule has 1 aromatic carbocycles. The fourth-order valence-corrected chi connectivity index (χ4v) is 2.19. The molecule has 5 nitrogen and oxygen atoms in total. The van der Waals surface area contributed by atoms with E-state index in [0.29, 0.717) is 16.9 Å². The Morgan fingerprint density at radius 2 is 2.00 bits per heavy atom. The predicted octanol–water partition coefficient (Wildman–Crippen LogP) is 1.93. The van der Waals surface area contributed by atoms with Crippen LogP contribution < -0.4 is 5.73 Å². The Kier molecular flexibility index (Phi) is 2.31. The predicted molar refractivity (Wildman–Crippen MR) is 66.9 cm³/mol. The summed E-state index contributed by atoms with van der Waals surface area (Å²) in [6, 6.07) is 3.31. The lowest BCUT2D eigenvalue weighted by molar-refractivity contribution is 0.578. The summed E-state index contributed by atoms with van der Waals surface area (Å²) in [5.41, 5.74) is 7.84. The Balaban J connectivity index is 2.38. The molecule has 0 atom stereocenters. The Hall–Kier alpha value is -2.44. The smallest absolute Gasteiger partial charge is 0.207 e. The molecule has 2 heterocycles. The highest BCUT2D eigenvalue weighted by Gasteiger charge is 2.19. The molecule has 0 fully saturated rings. The number of halogens is 2. The SMILES string of the molecule is Cc1nn(C)c2c1nc(N)n2-c1ccc(F)cc1F. The number of hydrogen-bond donors (Lipinski definition) is 1. The van der Waals surface area contributed by atoms with Crippen LogP contribution in [0.1, 0.15) is 5.69 Å². The average molecular weight is 263 g/mol. The summed E-state index contributed by atoms with van der Waals surface area (Å²) in [7, 11) is 1.72. The van der Waals surface area contributed by atoms with Gasteiger partial charge >= 0.3 is 0 Å². The topological polar surface area (TPSA) is 61.7 Å². The van der Waals surface area contributed by atoms with Crippen molar-refractivity contribution in [2.24, 2.45) is 7.05 Å². The number of hydrogen-bond acceptors (Lipinski definition) is 3. The highest BCUT2D eigenvalue weighted by Crippen LogP contribution is 2.26. The Morgan fingerprint density at radius 1 is 1.26 bits per heavy atom. The van der Waals surface area contributed by atoms with Crippen LogP contribution in [0.2, 0.25) is 0 Å². The molecule has 0 spiro atoms. The van der Waals surface area contributed by atoms with Crippen molar-refractivity contribution in [3.8, 4) is 5.69 Å². The first-order valence-corrected chi connectivity index (χ1v) is 5.62. The zero-order valence-electron chi connectivity index (χ0n) is 10.4. The first-order valence-electron chi connectivity index (χ1n) is 5.62. The van der Waals surface area contributed by atoms with Crippen LogP contribution >= 0.6 is 0 Å². The number of rotatable bonds is 1. The van der Waals surface area contributed by atoms with E-state index < -0.39 is 11.6 Å². The minimum absolute atomic E-state index is 0.136. The van der Waals surface area contributed by atoms with Gasteiger partial charge in [0.15, 0.2) is 5.65 Å². The zero-order valence-corrected chi connectivity index (χ0v) is 10.4. The first kappa shape index (κ1) is 11.6. The van der Waals surface area contributed by atoms with Gasteiger partial charge in [-0.15, -0.1) is 0 Å². The van der Waals surface area contributed by atoms with Crippen LogP contribution in [-0.4, -0.2) is 19.3 Å². The monoisotopic (exact) mass is 263 g/mol. The number of nitrogens with two attached hydrogens (primary N) is 1. The molecule has 2 N–H and O–H groups in total. The second-order valence-corrected chi connectivity index (χ2v) is 4.28. The third-order valence-corrected chi connectivity index (χ3v) is 2.98. The normalized spacial score (nSPS) is 11.4. The molecule has 19 heavy (non-hydrogen) atoms. The number of imidazole rings is 1. The summed E-state index contributed by atoms with van der Waals surface area (Å²) >= 11 is 0. The summed E-state index contributed by atoms with van der Waals surface area (Å²) in [6.07, 6.45) is 0. The number of nitrogen functional groups attached to an aromatic ring is 1. The quantitative estimate of drug-likeness (QED) is 0.729. The summed E-state index contributed by atoms with van der Waals surface area (Å²) < 4.78 is 29.8. The molecule has 0 aliphatic carbocycles. The van der Waals surface area contributed by atoms with E-state index in [1.807, 2.05) is 0 Å². The fourth-order valence-electron chi connectivity index (χ4n) is 2.19. The van der Waals surface area contributed by atoms with Gasteiger partial charge in [0.1, 0.15) is 17.2 Å². The molecule has 98 valence electrons. The third kappa shape index (κ3) is 1.58. The van der Waals surface area contributed by atoms with Crippen molar-refractivity contribution in [3.05, 3.63) is 35.5 Å². The molecule has 7 heteroatoms. The van der Waals surface area contributed by atoms with Gasteiger partial charge in [-0.1, -0.05) is 0 Å². The Labute approximate surface area is 107 Å². The molecule has 0 radical (unpaired) electrons. The van der Waals surface area contributed by atoms with E-state index >= 15 is 0 Å². The summed E-state index contributed by atoms with van der Waals surface area (Å²) in [6.45, 7) is 1.79. The summed E-state index contributed by atoms with van der Waals surface area (Å²) in [5, 5.41) is 4.21. The molecule has 0 saturated carbocycles. The van der Waals surface area contributed by atoms with Crippen molar-refractivity contribution < 1.29 is 8.78 Å². The first-order chi connectivity index (χ1) is 8.99. The van der Waals surface area contributed by atoms with Crippen LogP contribution in [0.3, 0.4) is 0 Å². The van der Waals surface area contributed by atoms with Gasteiger partial charge in [0.05, 0.1) is 11.4 Å². The molecule has 0 aliphatic rings. The van der Waals surface area contributed by atoms with Crippen molar-refractivity contribution in [2.45, 2.75) is 6.92 Å². The van der Waals surface area contributed by atoms with E-state index in [9.17, 15) is 8.78 Å². The summed E-state index contributed by atoms with van der Waals surface area (Å²) in [4.78, 5) is 4.17. The van der Waals surface area contributed by atoms with E-state index in [-0.39, 0.29) is 11.6 Å². The van der Waals surface area contributed by atoms with E-state index in [4.69, 9.17) is 5.73 Å². The van der Waals surface area contributed by atoms with Crippen molar-refractivity contribution in [3.63, 3.8) is 0 Å². The number of nitrogens with zero attached hydrogens (tertiary/aromatic N) is 4. The van der Waals surface area contributed by atoms with Gasteiger partial charge in [-0.25, -0.2) is 18.4 Å². The molecule has 2 aromatic heterocycles. The van der Waals surface area contributed by atoms with Crippen LogP contribution in [0.25, 0.3) is 16.9 Å². The van der Waals surface area contributed by atoms with E-state index in [1.54, 1.807) is 18.7 Å². The lowest BCUT2D eigenvalue weighted by Crippen LogP contribution is -2.06. The van der Waals surface area contributed by atoms with Gasteiger partial charge < -0.3 is 5.73 Å². The molecule has 0 saturated heterocycles. The minimum Gasteiger partial charge on any atom is -0.369 e. The van der Waals surface area contributed by atoms with E-state index in [1.165, 1.54) is 16.7 Å². The third-order valence-electron chi connectivity index (χ3n) is 2.98. The maximum absolute atomic E-state index is 13.9. The van der Waals surface area contributed by atoms with Gasteiger partial charge in [-0.3, -0.25) is 4.57 Å². The highest BCUT2D eigenvalue weighted by molar-refractivity contribution is 5.80. The lowest BCUT2D eigenvalue weighted by Gasteiger charge is -2.08. The number of fused-ring (bicyclic) bond motifs is 1. The molecular formula is C12H11F2N5. The van der Waals surface area contributed by atoms with E-state index in [0.717, 1.165) is 6.07 Å². The molecule has 0 bridgehead atoms. The molecule has 3 aromatic rings. The Bertz CT molecular complexity index is 787. The van der Waals surface area contributed by atoms with Crippen LogP contribution in [0.5, 0.6) is 0 Å². The lowest BCUT2D eigenvalue weighted by atomic mass is 10.3. The van der Waals surface area contributed by atoms with Gasteiger partial charge in [0, 0.05) is 13.1 Å². The molecule has 3 rings (SSSR count).